The maximum absolute atomic E-state index is 14.9. The first-order valence-corrected chi connectivity index (χ1v) is 10.7. The molecule has 1 aromatic carbocycles. The number of anilines is 1. The molecule has 1 amide bonds. The summed E-state index contributed by atoms with van der Waals surface area (Å²) in [4.78, 5) is 23.6. The van der Waals surface area contributed by atoms with Crippen LogP contribution in [0.5, 0.6) is 5.75 Å². The van der Waals surface area contributed by atoms with Gasteiger partial charge in [-0.3, -0.25) is 4.79 Å². The van der Waals surface area contributed by atoms with Crippen LogP contribution in [-0.2, 0) is 22.7 Å². The van der Waals surface area contributed by atoms with Crippen molar-refractivity contribution in [3.05, 3.63) is 58.7 Å². The molecule has 12 heteroatoms. The zero-order chi connectivity index (χ0) is 24.9. The molecular formula is C23H20F4N4O4. The van der Waals surface area contributed by atoms with Gasteiger partial charge in [0.05, 0.1) is 50.2 Å². The number of ether oxygens (including phenoxy) is 3. The molecule has 2 aliphatic heterocycles. The number of hydrogen-bond acceptors (Lipinski definition) is 7. The molecule has 8 nitrogen and oxygen atoms in total. The highest BCUT2D eigenvalue weighted by molar-refractivity contribution is 5.97. The van der Waals surface area contributed by atoms with Gasteiger partial charge in [0, 0.05) is 22.6 Å². The van der Waals surface area contributed by atoms with E-state index < -0.39 is 35.9 Å². The van der Waals surface area contributed by atoms with Gasteiger partial charge in [0.25, 0.3) is 5.91 Å². The fraction of sp³-hybridized carbons (Fsp3) is 0.348. The largest absolute Gasteiger partial charge is 0.573 e. The lowest BCUT2D eigenvalue weighted by atomic mass is 10.00. The summed E-state index contributed by atoms with van der Waals surface area (Å²) in [7, 11) is 0. The van der Waals surface area contributed by atoms with E-state index >= 15 is 0 Å². The molecule has 35 heavy (non-hydrogen) atoms. The van der Waals surface area contributed by atoms with Gasteiger partial charge in [-0.15, -0.1) is 13.2 Å². The van der Waals surface area contributed by atoms with E-state index in [1.165, 1.54) is 11.1 Å². The Morgan fingerprint density at radius 2 is 1.94 bits per heavy atom. The Morgan fingerprint density at radius 1 is 1.17 bits per heavy atom. The van der Waals surface area contributed by atoms with Gasteiger partial charge < -0.3 is 24.8 Å². The fourth-order valence-electron chi connectivity index (χ4n) is 4.50. The molecule has 0 unspecified atom stereocenters. The average Bonchev–Trinajstić information content (AvgIpc) is 3.29. The molecule has 2 aliphatic rings. The number of aromatic nitrogens is 2. The Balaban J connectivity index is 1.50. The van der Waals surface area contributed by atoms with Crippen LogP contribution in [-0.4, -0.2) is 46.4 Å². The SMILES string of the molecule is C[C@@H]1COC[C@H](c2ccc(OC(F)(F)F)cc2F)N1C(=O)c1cc2c3c(c(N)nc2cn1)COC3. The second-order valence-corrected chi connectivity index (χ2v) is 8.38. The molecule has 0 spiro atoms. The van der Waals surface area contributed by atoms with E-state index in [-0.39, 0.29) is 24.5 Å². The molecule has 3 aromatic rings. The van der Waals surface area contributed by atoms with Crippen molar-refractivity contribution >= 4 is 22.6 Å². The van der Waals surface area contributed by atoms with Crippen molar-refractivity contribution in [1.29, 1.82) is 0 Å². The first kappa shape index (κ1) is 23.2. The van der Waals surface area contributed by atoms with E-state index in [4.69, 9.17) is 15.2 Å². The van der Waals surface area contributed by atoms with Gasteiger partial charge in [0.15, 0.2) is 0 Å². The standard InChI is InChI=1S/C23H20F4N4O4/c1-11-7-33-10-20(13-3-2-12(4-17(13)24)35-23(25,26)27)31(11)22(32)18-5-14-15-8-34-9-16(15)21(28)30-19(14)6-29-18/h2-6,11,20H,7-10H2,1H3,(H2,28,30)/t11-,20-/m1/s1. The Morgan fingerprint density at radius 3 is 2.69 bits per heavy atom. The van der Waals surface area contributed by atoms with E-state index in [1.54, 1.807) is 13.0 Å². The summed E-state index contributed by atoms with van der Waals surface area (Å²) in [5, 5.41) is 0.683. The Bertz CT molecular complexity index is 1320. The molecule has 0 aliphatic carbocycles. The number of fused-ring (bicyclic) bond motifs is 3. The van der Waals surface area contributed by atoms with E-state index in [0.29, 0.717) is 36.0 Å². The molecule has 1 fully saturated rings. The van der Waals surface area contributed by atoms with Gasteiger partial charge in [0.1, 0.15) is 23.1 Å². The van der Waals surface area contributed by atoms with Crippen molar-refractivity contribution in [2.75, 3.05) is 18.9 Å². The van der Waals surface area contributed by atoms with E-state index in [0.717, 1.165) is 23.3 Å². The van der Waals surface area contributed by atoms with Crippen molar-refractivity contribution < 1.29 is 36.6 Å². The molecule has 2 atom stereocenters. The maximum Gasteiger partial charge on any atom is 0.573 e. The molecule has 2 N–H and O–H groups in total. The number of benzene rings is 1. The minimum atomic E-state index is -4.95. The minimum absolute atomic E-state index is 0.00365. The quantitative estimate of drug-likeness (QED) is 0.554. The van der Waals surface area contributed by atoms with Gasteiger partial charge in [-0.2, -0.15) is 0 Å². The Kier molecular flexibility index (Phi) is 5.72. The van der Waals surface area contributed by atoms with Gasteiger partial charge in [-0.25, -0.2) is 14.4 Å². The lowest BCUT2D eigenvalue weighted by molar-refractivity contribution is -0.274. The van der Waals surface area contributed by atoms with Crippen molar-refractivity contribution in [2.24, 2.45) is 0 Å². The average molecular weight is 492 g/mol. The number of carbonyl (C=O) groups excluding carboxylic acids is 1. The second kappa shape index (κ2) is 8.61. The third-order valence-corrected chi connectivity index (χ3v) is 6.08. The second-order valence-electron chi connectivity index (χ2n) is 8.38. The summed E-state index contributed by atoms with van der Waals surface area (Å²) in [5.74, 6) is -1.78. The number of morpholine rings is 1. The Hall–Kier alpha value is -3.51. The maximum atomic E-state index is 14.9. The summed E-state index contributed by atoms with van der Waals surface area (Å²) >= 11 is 0. The zero-order valence-electron chi connectivity index (χ0n) is 18.4. The predicted octanol–water partition coefficient (Wildman–Crippen LogP) is 3.88. The highest BCUT2D eigenvalue weighted by atomic mass is 19.4. The summed E-state index contributed by atoms with van der Waals surface area (Å²) < 4.78 is 67.2. The summed E-state index contributed by atoms with van der Waals surface area (Å²) in [6, 6.07) is 3.06. The van der Waals surface area contributed by atoms with E-state index in [2.05, 4.69) is 14.7 Å². The van der Waals surface area contributed by atoms with Crippen LogP contribution in [0.4, 0.5) is 23.4 Å². The van der Waals surface area contributed by atoms with Crippen LogP contribution >= 0.6 is 0 Å². The molecule has 0 bridgehead atoms. The number of carbonyl (C=O) groups is 1. The molecule has 0 saturated carbocycles. The van der Waals surface area contributed by atoms with Crippen LogP contribution < -0.4 is 10.5 Å². The lowest BCUT2D eigenvalue weighted by Gasteiger charge is -2.40. The third-order valence-electron chi connectivity index (χ3n) is 6.08. The predicted molar refractivity (Wildman–Crippen MR) is 115 cm³/mol. The van der Waals surface area contributed by atoms with Gasteiger partial charge >= 0.3 is 6.36 Å². The monoisotopic (exact) mass is 492 g/mol. The van der Waals surface area contributed by atoms with Crippen LogP contribution in [0.1, 0.15) is 40.1 Å². The lowest BCUT2D eigenvalue weighted by Crippen LogP contribution is -2.49. The van der Waals surface area contributed by atoms with Crippen molar-refractivity contribution in [3.63, 3.8) is 0 Å². The first-order chi connectivity index (χ1) is 16.6. The number of nitrogens with two attached hydrogens (primary N) is 1. The fourth-order valence-corrected chi connectivity index (χ4v) is 4.50. The topological polar surface area (TPSA) is 99.8 Å². The van der Waals surface area contributed by atoms with Crippen LogP contribution in [0.15, 0.2) is 30.5 Å². The highest BCUT2D eigenvalue weighted by Crippen LogP contribution is 2.35. The number of pyridine rings is 2. The van der Waals surface area contributed by atoms with E-state index in [1.807, 2.05) is 0 Å². The summed E-state index contributed by atoms with van der Waals surface area (Å²) in [5.41, 5.74) is 8.22. The molecule has 4 heterocycles. The van der Waals surface area contributed by atoms with Crippen LogP contribution in [0.25, 0.3) is 10.9 Å². The smallest absolute Gasteiger partial charge is 0.406 e. The highest BCUT2D eigenvalue weighted by Gasteiger charge is 2.37. The number of amides is 1. The summed E-state index contributed by atoms with van der Waals surface area (Å²) in [6.07, 6.45) is -3.51. The number of nitrogens with zero attached hydrogens (tertiary/aromatic N) is 3. The third kappa shape index (κ3) is 4.34. The Labute approximate surface area is 196 Å². The number of halogens is 4. The van der Waals surface area contributed by atoms with E-state index in [9.17, 15) is 22.4 Å². The van der Waals surface area contributed by atoms with Crippen molar-refractivity contribution in [3.8, 4) is 5.75 Å². The normalized spacial score (nSPS) is 20.2. The summed E-state index contributed by atoms with van der Waals surface area (Å²) in [6.45, 7) is 2.54. The molecule has 5 rings (SSSR count). The van der Waals surface area contributed by atoms with Crippen molar-refractivity contribution in [1.82, 2.24) is 14.9 Å². The molecule has 0 radical (unpaired) electrons. The number of rotatable bonds is 3. The number of nitrogen functional groups attached to an aromatic ring is 1. The number of hydrogen-bond donors (Lipinski definition) is 1. The van der Waals surface area contributed by atoms with Crippen LogP contribution in [0.2, 0.25) is 0 Å². The minimum Gasteiger partial charge on any atom is -0.406 e. The first-order valence-electron chi connectivity index (χ1n) is 10.7. The van der Waals surface area contributed by atoms with Crippen molar-refractivity contribution in [2.45, 2.75) is 38.6 Å². The zero-order valence-corrected chi connectivity index (χ0v) is 18.4. The van der Waals surface area contributed by atoms with Crippen LogP contribution in [0, 0.1) is 5.82 Å². The molecule has 1 saturated heterocycles. The van der Waals surface area contributed by atoms with Gasteiger partial charge in [0.2, 0.25) is 0 Å². The molecule has 2 aromatic heterocycles. The molecular weight excluding hydrogens is 472 g/mol. The van der Waals surface area contributed by atoms with Crippen LogP contribution in [0.3, 0.4) is 0 Å². The number of alkyl halides is 3. The van der Waals surface area contributed by atoms with Gasteiger partial charge in [-0.05, 0) is 24.6 Å². The molecule has 184 valence electrons. The van der Waals surface area contributed by atoms with Gasteiger partial charge in [-0.1, -0.05) is 6.07 Å².